The van der Waals surface area contributed by atoms with E-state index in [-0.39, 0.29) is 11.5 Å². The predicted octanol–water partition coefficient (Wildman–Crippen LogP) is 0.0678. The number of nitrogens with two attached hydrogens (primary N) is 2. The monoisotopic (exact) mass is 498 g/mol. The van der Waals surface area contributed by atoms with Gasteiger partial charge in [0.15, 0.2) is 11.5 Å². The molecule has 0 aliphatic heterocycles. The lowest BCUT2D eigenvalue weighted by atomic mass is 9.80. The van der Waals surface area contributed by atoms with Crippen LogP contribution in [0.4, 0.5) is 5.82 Å². The van der Waals surface area contributed by atoms with Crippen molar-refractivity contribution in [1.82, 2.24) is 24.8 Å². The zero-order valence-corrected chi connectivity index (χ0v) is 19.6. The highest BCUT2D eigenvalue weighted by Crippen LogP contribution is 2.32. The molecule has 0 aliphatic carbocycles. The van der Waals surface area contributed by atoms with E-state index in [1.54, 1.807) is 42.5 Å². The van der Waals surface area contributed by atoms with Crippen LogP contribution >= 0.6 is 0 Å². The summed E-state index contributed by atoms with van der Waals surface area (Å²) in [5, 5.41) is 31.3. The lowest BCUT2D eigenvalue weighted by molar-refractivity contribution is 0.0993. The predicted molar refractivity (Wildman–Crippen MR) is 138 cm³/mol. The molecule has 5 rings (SSSR count). The summed E-state index contributed by atoms with van der Waals surface area (Å²) in [4.78, 5) is 21.3. The molecule has 3 aromatic heterocycles. The number of hydrogen-bond acceptors (Lipinski definition) is 10. The van der Waals surface area contributed by atoms with Gasteiger partial charge in [-0.05, 0) is 35.3 Å². The second-order valence-corrected chi connectivity index (χ2v) is 8.17. The van der Waals surface area contributed by atoms with Crippen LogP contribution in [0.3, 0.4) is 0 Å². The number of ether oxygens (including phenoxy) is 1. The van der Waals surface area contributed by atoms with E-state index < -0.39 is 13.0 Å². The summed E-state index contributed by atoms with van der Waals surface area (Å²) < 4.78 is 7.19. The number of carbonyl (C=O) groups excluding carboxylic acids is 1. The summed E-state index contributed by atoms with van der Waals surface area (Å²) >= 11 is 0. The van der Waals surface area contributed by atoms with Gasteiger partial charge in [0.05, 0.1) is 5.52 Å². The number of pyridine rings is 1. The van der Waals surface area contributed by atoms with Gasteiger partial charge in [-0.25, -0.2) is 14.5 Å². The van der Waals surface area contributed by atoms with Gasteiger partial charge in [-0.2, -0.15) is 0 Å². The summed E-state index contributed by atoms with van der Waals surface area (Å²) in [5.74, 6) is 0.640. The summed E-state index contributed by atoms with van der Waals surface area (Å²) in [5.41, 5.74) is 13.9. The fourth-order valence-electron chi connectivity index (χ4n) is 3.96. The molecule has 5 aromatic rings. The molecule has 0 unspecified atom stereocenters. The molecular formula is C24H23BN8O4. The number of primary amides is 1. The number of anilines is 1. The zero-order valence-electron chi connectivity index (χ0n) is 19.6. The van der Waals surface area contributed by atoms with Crippen LogP contribution in [-0.2, 0) is 6.54 Å². The second kappa shape index (κ2) is 10.2. The first-order chi connectivity index (χ1) is 18.0. The first-order valence-electron chi connectivity index (χ1n) is 11.4. The molecule has 0 fully saturated rings. The molecule has 2 aromatic carbocycles. The molecule has 37 heavy (non-hydrogen) atoms. The van der Waals surface area contributed by atoms with Crippen LogP contribution in [0, 0.1) is 0 Å². The van der Waals surface area contributed by atoms with Gasteiger partial charge in [0, 0.05) is 18.5 Å². The van der Waals surface area contributed by atoms with Gasteiger partial charge >= 0.3 is 7.12 Å². The van der Waals surface area contributed by atoms with Crippen molar-refractivity contribution >= 4 is 40.7 Å². The molecule has 0 spiro atoms. The maximum atomic E-state index is 11.9. The van der Waals surface area contributed by atoms with Crippen LogP contribution in [0.25, 0.3) is 27.9 Å². The summed E-state index contributed by atoms with van der Waals surface area (Å²) in [7, 11) is -1.57. The van der Waals surface area contributed by atoms with E-state index in [0.717, 1.165) is 5.56 Å². The Morgan fingerprint density at radius 3 is 2.68 bits per heavy atom. The van der Waals surface area contributed by atoms with Crippen LogP contribution in [0.5, 0.6) is 5.75 Å². The van der Waals surface area contributed by atoms with E-state index in [0.29, 0.717) is 58.8 Å². The van der Waals surface area contributed by atoms with Gasteiger partial charge in [0.2, 0.25) is 0 Å². The largest absolute Gasteiger partial charge is 0.490 e. The number of benzene rings is 2. The van der Waals surface area contributed by atoms with Gasteiger partial charge in [-0.1, -0.05) is 41.6 Å². The minimum Gasteiger partial charge on any atom is -0.490 e. The van der Waals surface area contributed by atoms with Crippen molar-refractivity contribution in [3.05, 3.63) is 71.9 Å². The number of nitrogens with one attached hydrogen (secondary N) is 1. The molecular weight excluding hydrogens is 475 g/mol. The van der Waals surface area contributed by atoms with E-state index >= 15 is 0 Å². The highest BCUT2D eigenvalue weighted by atomic mass is 16.5. The number of carbonyl (C=O) groups is 1. The van der Waals surface area contributed by atoms with Gasteiger partial charge in [0.1, 0.15) is 29.4 Å². The fourth-order valence-corrected chi connectivity index (χ4v) is 3.96. The van der Waals surface area contributed by atoms with Gasteiger partial charge < -0.3 is 31.6 Å². The Balaban J connectivity index is 1.63. The van der Waals surface area contributed by atoms with Crippen LogP contribution in [0.2, 0.25) is 0 Å². The molecule has 3 heterocycles. The lowest BCUT2D eigenvalue weighted by Gasteiger charge is -2.14. The van der Waals surface area contributed by atoms with E-state index in [9.17, 15) is 14.8 Å². The Labute approximate surface area is 211 Å². The molecule has 0 aliphatic rings. The maximum Gasteiger partial charge on any atom is 0.488 e. The number of nitrogens with zero attached hydrogens (tertiary/aromatic N) is 5. The number of rotatable bonds is 9. The molecule has 0 saturated carbocycles. The number of hydrogen-bond donors (Lipinski definition) is 5. The van der Waals surface area contributed by atoms with E-state index in [4.69, 9.17) is 26.2 Å². The fraction of sp³-hybridized carbons (Fsp3) is 0.125. The van der Waals surface area contributed by atoms with E-state index in [1.165, 1.54) is 4.52 Å². The van der Waals surface area contributed by atoms with E-state index in [1.807, 2.05) is 18.2 Å². The van der Waals surface area contributed by atoms with Crippen molar-refractivity contribution in [1.29, 1.82) is 0 Å². The molecule has 12 nitrogen and oxygen atoms in total. The van der Waals surface area contributed by atoms with Crippen LogP contribution < -0.4 is 27.0 Å². The van der Waals surface area contributed by atoms with Crippen molar-refractivity contribution in [2.24, 2.45) is 11.5 Å². The van der Waals surface area contributed by atoms with Crippen LogP contribution in [0.1, 0.15) is 16.1 Å². The smallest absolute Gasteiger partial charge is 0.488 e. The third-order valence-electron chi connectivity index (χ3n) is 5.68. The highest BCUT2D eigenvalue weighted by Gasteiger charge is 2.19. The molecule has 0 saturated heterocycles. The Hall–Kier alpha value is -4.59. The van der Waals surface area contributed by atoms with Gasteiger partial charge in [0.25, 0.3) is 5.91 Å². The number of fused-ring (bicyclic) bond motifs is 2. The average Bonchev–Trinajstić information content (AvgIpc) is 3.34. The SMILES string of the molecule is NCCOc1cccc2c(NCc3cccc(B(O)O)c3)nc(-c3nnn4c(C(N)=O)cccc34)nc12. The van der Waals surface area contributed by atoms with Crippen LogP contribution in [-0.4, -0.2) is 61.0 Å². The Kier molecular flexibility index (Phi) is 6.64. The maximum absolute atomic E-state index is 11.9. The molecule has 0 atom stereocenters. The minimum absolute atomic E-state index is 0.174. The molecule has 186 valence electrons. The zero-order chi connectivity index (χ0) is 25.9. The highest BCUT2D eigenvalue weighted by molar-refractivity contribution is 6.58. The lowest BCUT2D eigenvalue weighted by Crippen LogP contribution is -2.30. The van der Waals surface area contributed by atoms with Crippen molar-refractivity contribution in [3.8, 4) is 17.3 Å². The van der Waals surface area contributed by atoms with Crippen molar-refractivity contribution in [3.63, 3.8) is 0 Å². The van der Waals surface area contributed by atoms with Crippen molar-refractivity contribution in [2.75, 3.05) is 18.5 Å². The molecule has 13 heteroatoms. The first kappa shape index (κ1) is 24.1. The summed E-state index contributed by atoms with van der Waals surface area (Å²) in [6.07, 6.45) is 0. The third-order valence-corrected chi connectivity index (χ3v) is 5.68. The number of amides is 1. The quantitative estimate of drug-likeness (QED) is 0.174. The third kappa shape index (κ3) is 4.78. The topological polar surface area (TPSA) is 187 Å². The van der Waals surface area contributed by atoms with E-state index in [2.05, 4.69) is 15.6 Å². The standard InChI is InChI=1S/C24H23BN8O4/c26-10-11-37-19-9-2-6-16-20(19)29-24(21-17-7-3-8-18(22(27)34)33(17)32-31-21)30-23(16)28-13-14-4-1-5-15(12-14)25(35)36/h1-9,12,35-36H,10-11,13,26H2,(H2,27,34)(H,28,29,30). The molecule has 7 N–H and O–H groups in total. The van der Waals surface area contributed by atoms with Crippen molar-refractivity contribution in [2.45, 2.75) is 6.54 Å². The summed E-state index contributed by atoms with van der Waals surface area (Å²) in [6.45, 7) is 0.973. The average molecular weight is 498 g/mol. The van der Waals surface area contributed by atoms with Gasteiger partial charge in [-0.15, -0.1) is 5.10 Å². The normalized spacial score (nSPS) is 11.1. The van der Waals surface area contributed by atoms with Crippen molar-refractivity contribution < 1.29 is 19.6 Å². The molecule has 1 amide bonds. The Bertz CT molecular complexity index is 1610. The minimum atomic E-state index is -1.57. The second-order valence-electron chi connectivity index (χ2n) is 8.17. The first-order valence-corrected chi connectivity index (χ1v) is 11.4. The molecule has 0 radical (unpaired) electrons. The molecule has 0 bridgehead atoms. The Morgan fingerprint density at radius 1 is 1.08 bits per heavy atom. The van der Waals surface area contributed by atoms with Crippen LogP contribution in [0.15, 0.2) is 60.7 Å². The number of aromatic nitrogens is 5. The van der Waals surface area contributed by atoms with Gasteiger partial charge in [-0.3, -0.25) is 4.79 Å². The number of para-hydroxylation sites is 1. The summed E-state index contributed by atoms with van der Waals surface area (Å²) in [6, 6.07) is 17.4. The Morgan fingerprint density at radius 2 is 1.89 bits per heavy atom.